The molecule has 2 aliphatic rings. The van der Waals surface area contributed by atoms with E-state index in [1.807, 2.05) is 4.90 Å². The number of carbonyl (C=O) groups excluding carboxylic acids is 2. The van der Waals surface area contributed by atoms with E-state index in [1.54, 1.807) is 0 Å². The molecule has 0 aliphatic carbocycles. The maximum absolute atomic E-state index is 11.4. The highest BCUT2D eigenvalue weighted by atomic mass is 16.2. The first-order valence-corrected chi connectivity index (χ1v) is 5.88. The van der Waals surface area contributed by atoms with Gasteiger partial charge in [-0.3, -0.25) is 9.59 Å². The Balaban J connectivity index is 1.83. The summed E-state index contributed by atoms with van der Waals surface area (Å²) in [6.45, 7) is 5.93. The van der Waals surface area contributed by atoms with Gasteiger partial charge in [0.25, 0.3) is 0 Å². The molecule has 0 bridgehead atoms. The van der Waals surface area contributed by atoms with Gasteiger partial charge in [-0.2, -0.15) is 0 Å². The third kappa shape index (κ3) is 2.26. The highest BCUT2D eigenvalue weighted by Gasteiger charge is 2.32. The van der Waals surface area contributed by atoms with Gasteiger partial charge in [0.2, 0.25) is 11.8 Å². The maximum atomic E-state index is 11.4. The molecule has 2 amide bonds. The standard InChI is InChI=1S/C12H18N2O2/c1-2-12(16)14-5-3-9(4-6-14)10-7-11(15)13-8-10/h2,9-10H,1,3-8H2,(H,13,15). The van der Waals surface area contributed by atoms with Gasteiger partial charge >= 0.3 is 0 Å². The van der Waals surface area contributed by atoms with Crippen molar-refractivity contribution in [2.45, 2.75) is 19.3 Å². The molecule has 0 aromatic rings. The van der Waals surface area contributed by atoms with E-state index in [1.165, 1.54) is 6.08 Å². The lowest BCUT2D eigenvalue weighted by Gasteiger charge is -2.33. The zero-order valence-corrected chi connectivity index (χ0v) is 9.45. The molecule has 1 atom stereocenters. The van der Waals surface area contributed by atoms with Gasteiger partial charge in [0.1, 0.15) is 0 Å². The van der Waals surface area contributed by atoms with E-state index >= 15 is 0 Å². The third-order valence-corrected chi connectivity index (χ3v) is 3.70. The van der Waals surface area contributed by atoms with Crippen molar-refractivity contribution in [3.8, 4) is 0 Å². The van der Waals surface area contributed by atoms with E-state index in [0.29, 0.717) is 18.3 Å². The van der Waals surface area contributed by atoms with Gasteiger partial charge in [-0.15, -0.1) is 0 Å². The molecule has 0 aromatic heterocycles. The normalized spacial score (nSPS) is 26.6. The lowest BCUT2D eigenvalue weighted by molar-refractivity contribution is -0.127. The van der Waals surface area contributed by atoms with Crippen LogP contribution in [0.25, 0.3) is 0 Å². The first-order chi connectivity index (χ1) is 7.70. The van der Waals surface area contributed by atoms with Crippen LogP contribution in [0.3, 0.4) is 0 Å². The monoisotopic (exact) mass is 222 g/mol. The summed E-state index contributed by atoms with van der Waals surface area (Å²) in [5.41, 5.74) is 0. The van der Waals surface area contributed by atoms with E-state index in [0.717, 1.165) is 32.5 Å². The number of nitrogens with zero attached hydrogens (tertiary/aromatic N) is 1. The van der Waals surface area contributed by atoms with Crippen LogP contribution in [0.4, 0.5) is 0 Å². The van der Waals surface area contributed by atoms with Crippen molar-refractivity contribution >= 4 is 11.8 Å². The van der Waals surface area contributed by atoms with Crippen LogP contribution in [-0.4, -0.2) is 36.3 Å². The van der Waals surface area contributed by atoms with Crippen molar-refractivity contribution in [2.24, 2.45) is 11.8 Å². The summed E-state index contributed by atoms with van der Waals surface area (Å²) < 4.78 is 0. The zero-order valence-electron chi connectivity index (χ0n) is 9.45. The van der Waals surface area contributed by atoms with Gasteiger partial charge in [0.05, 0.1) is 0 Å². The average Bonchev–Trinajstić information content (AvgIpc) is 2.75. The fraction of sp³-hybridized carbons (Fsp3) is 0.667. The molecule has 0 radical (unpaired) electrons. The van der Waals surface area contributed by atoms with Crippen molar-refractivity contribution in [2.75, 3.05) is 19.6 Å². The molecule has 2 aliphatic heterocycles. The fourth-order valence-corrected chi connectivity index (χ4v) is 2.68. The zero-order chi connectivity index (χ0) is 11.5. The van der Waals surface area contributed by atoms with Crippen LogP contribution in [0.5, 0.6) is 0 Å². The molecule has 0 saturated carbocycles. The largest absolute Gasteiger partial charge is 0.356 e. The second-order valence-electron chi connectivity index (χ2n) is 4.64. The molecule has 0 spiro atoms. The molecule has 2 fully saturated rings. The van der Waals surface area contributed by atoms with Crippen LogP contribution < -0.4 is 5.32 Å². The average molecular weight is 222 g/mol. The second-order valence-corrected chi connectivity index (χ2v) is 4.64. The van der Waals surface area contributed by atoms with Crippen LogP contribution in [0, 0.1) is 11.8 Å². The van der Waals surface area contributed by atoms with E-state index in [9.17, 15) is 9.59 Å². The van der Waals surface area contributed by atoms with E-state index in [2.05, 4.69) is 11.9 Å². The van der Waals surface area contributed by atoms with Crippen LogP contribution in [-0.2, 0) is 9.59 Å². The van der Waals surface area contributed by atoms with Crippen LogP contribution >= 0.6 is 0 Å². The van der Waals surface area contributed by atoms with Crippen molar-refractivity contribution in [1.29, 1.82) is 0 Å². The topological polar surface area (TPSA) is 49.4 Å². The number of hydrogen-bond donors (Lipinski definition) is 1. The van der Waals surface area contributed by atoms with Crippen LogP contribution in [0.2, 0.25) is 0 Å². The molecular weight excluding hydrogens is 204 g/mol. The van der Waals surface area contributed by atoms with Gasteiger partial charge in [-0.25, -0.2) is 0 Å². The highest BCUT2D eigenvalue weighted by Crippen LogP contribution is 2.29. The molecule has 4 heteroatoms. The lowest BCUT2D eigenvalue weighted by Crippen LogP contribution is -2.39. The Morgan fingerprint density at radius 1 is 1.38 bits per heavy atom. The molecule has 2 heterocycles. The number of piperidine rings is 1. The first kappa shape index (κ1) is 11.2. The summed E-state index contributed by atoms with van der Waals surface area (Å²) in [4.78, 5) is 24.4. The smallest absolute Gasteiger partial charge is 0.245 e. The predicted octanol–water partition coefficient (Wildman–Crippen LogP) is 0.547. The molecule has 1 unspecified atom stereocenters. The minimum atomic E-state index is 0.0269. The van der Waals surface area contributed by atoms with Gasteiger partial charge in [0, 0.05) is 26.1 Å². The lowest BCUT2D eigenvalue weighted by atomic mass is 9.83. The number of nitrogens with one attached hydrogen (secondary N) is 1. The SMILES string of the molecule is C=CC(=O)N1CCC(C2CNC(=O)C2)CC1. The Bertz CT molecular complexity index is 306. The number of carbonyl (C=O) groups is 2. The second kappa shape index (κ2) is 4.68. The van der Waals surface area contributed by atoms with E-state index in [-0.39, 0.29) is 11.8 Å². The van der Waals surface area contributed by atoms with Crippen molar-refractivity contribution in [1.82, 2.24) is 10.2 Å². The molecule has 88 valence electrons. The molecule has 0 aromatic carbocycles. The van der Waals surface area contributed by atoms with Crippen LogP contribution in [0.1, 0.15) is 19.3 Å². The van der Waals surface area contributed by atoms with E-state index < -0.39 is 0 Å². The Morgan fingerprint density at radius 3 is 2.56 bits per heavy atom. The Morgan fingerprint density at radius 2 is 2.06 bits per heavy atom. The van der Waals surface area contributed by atoms with Crippen molar-refractivity contribution in [3.63, 3.8) is 0 Å². The Kier molecular flexibility index (Phi) is 3.27. The minimum absolute atomic E-state index is 0.0269. The van der Waals surface area contributed by atoms with Crippen molar-refractivity contribution < 1.29 is 9.59 Å². The van der Waals surface area contributed by atoms with Crippen molar-refractivity contribution in [3.05, 3.63) is 12.7 Å². The molecule has 4 nitrogen and oxygen atoms in total. The van der Waals surface area contributed by atoms with Gasteiger partial charge in [-0.1, -0.05) is 6.58 Å². The summed E-state index contributed by atoms with van der Waals surface area (Å²) in [6.07, 6.45) is 4.07. The summed E-state index contributed by atoms with van der Waals surface area (Å²) in [7, 11) is 0. The number of likely N-dealkylation sites (tertiary alicyclic amines) is 1. The predicted molar refractivity (Wildman–Crippen MR) is 60.6 cm³/mol. The van der Waals surface area contributed by atoms with Gasteiger partial charge in [0.15, 0.2) is 0 Å². The highest BCUT2D eigenvalue weighted by molar-refractivity contribution is 5.87. The van der Waals surface area contributed by atoms with E-state index in [4.69, 9.17) is 0 Å². The Labute approximate surface area is 95.7 Å². The molecule has 1 N–H and O–H groups in total. The molecule has 2 saturated heterocycles. The number of hydrogen-bond acceptors (Lipinski definition) is 2. The van der Waals surface area contributed by atoms with Gasteiger partial charge in [-0.05, 0) is 30.8 Å². The number of rotatable bonds is 2. The number of amides is 2. The van der Waals surface area contributed by atoms with Gasteiger partial charge < -0.3 is 10.2 Å². The summed E-state index contributed by atoms with van der Waals surface area (Å²) >= 11 is 0. The van der Waals surface area contributed by atoms with Crippen LogP contribution in [0.15, 0.2) is 12.7 Å². The summed E-state index contributed by atoms with van der Waals surface area (Å²) in [6, 6.07) is 0. The summed E-state index contributed by atoms with van der Waals surface area (Å²) in [5.74, 6) is 1.27. The Hall–Kier alpha value is -1.32. The quantitative estimate of drug-likeness (QED) is 0.694. The summed E-state index contributed by atoms with van der Waals surface area (Å²) in [5, 5.41) is 2.88. The molecule has 16 heavy (non-hydrogen) atoms. The molecule has 2 rings (SSSR count). The molecular formula is C12H18N2O2. The maximum Gasteiger partial charge on any atom is 0.245 e. The fourth-order valence-electron chi connectivity index (χ4n) is 2.68. The first-order valence-electron chi connectivity index (χ1n) is 5.88. The minimum Gasteiger partial charge on any atom is -0.356 e. The third-order valence-electron chi connectivity index (χ3n) is 3.70.